The minimum atomic E-state index is 0.282. The second-order valence-corrected chi connectivity index (χ2v) is 2.87. The van der Waals surface area contributed by atoms with E-state index in [9.17, 15) is 0 Å². The summed E-state index contributed by atoms with van der Waals surface area (Å²) in [6, 6.07) is 5.11. The molecule has 2 N–H and O–H groups in total. The normalized spacial score (nSPS) is 10.2. The van der Waals surface area contributed by atoms with Crippen molar-refractivity contribution in [3.05, 3.63) is 29.5 Å². The highest BCUT2D eigenvalue weighted by Gasteiger charge is 2.03. The van der Waals surface area contributed by atoms with Crippen LogP contribution in [0, 0.1) is 0 Å². The zero-order valence-corrected chi connectivity index (χ0v) is 7.32. The Morgan fingerprint density at radius 3 is 2.77 bits per heavy atom. The highest BCUT2D eigenvalue weighted by atomic mass is 35.5. The molecule has 2 heterocycles. The number of nitrogens with zero attached hydrogens (tertiary/aromatic N) is 2. The van der Waals surface area contributed by atoms with Gasteiger partial charge in [-0.1, -0.05) is 16.8 Å². The fourth-order valence-electron chi connectivity index (χ4n) is 0.953. The number of pyridine rings is 1. The monoisotopic (exact) mass is 195 g/mol. The van der Waals surface area contributed by atoms with Crippen molar-refractivity contribution in [2.45, 2.75) is 0 Å². The molecule has 0 aromatic carbocycles. The van der Waals surface area contributed by atoms with E-state index in [2.05, 4.69) is 10.1 Å². The number of rotatable bonds is 1. The van der Waals surface area contributed by atoms with E-state index in [0.29, 0.717) is 10.8 Å². The van der Waals surface area contributed by atoms with Gasteiger partial charge in [-0.05, 0) is 12.1 Å². The zero-order valence-electron chi connectivity index (χ0n) is 6.57. The Morgan fingerprint density at radius 2 is 2.23 bits per heavy atom. The summed E-state index contributed by atoms with van der Waals surface area (Å²) in [5.41, 5.74) is 6.85. The van der Waals surface area contributed by atoms with Crippen LogP contribution in [-0.2, 0) is 0 Å². The van der Waals surface area contributed by atoms with Crippen LogP contribution in [0.2, 0.25) is 5.15 Å². The van der Waals surface area contributed by atoms with Crippen LogP contribution in [0.15, 0.2) is 28.9 Å². The van der Waals surface area contributed by atoms with Gasteiger partial charge in [0.25, 0.3) is 0 Å². The van der Waals surface area contributed by atoms with E-state index in [4.69, 9.17) is 21.9 Å². The summed E-state index contributed by atoms with van der Waals surface area (Å²) in [5, 5.41) is 4.18. The van der Waals surface area contributed by atoms with Gasteiger partial charge in [-0.15, -0.1) is 0 Å². The van der Waals surface area contributed by atoms with Gasteiger partial charge in [0.15, 0.2) is 0 Å². The topological polar surface area (TPSA) is 64.9 Å². The number of aromatic nitrogens is 2. The van der Waals surface area contributed by atoms with Crippen molar-refractivity contribution in [1.82, 2.24) is 10.1 Å². The van der Waals surface area contributed by atoms with E-state index < -0.39 is 0 Å². The molecule has 0 saturated heterocycles. The minimum absolute atomic E-state index is 0.282. The number of hydrogen-bond donors (Lipinski definition) is 1. The largest absolute Gasteiger partial charge is 0.368 e. The molecule has 0 aliphatic rings. The first-order valence-corrected chi connectivity index (χ1v) is 3.97. The summed E-state index contributed by atoms with van der Waals surface area (Å²) in [6.07, 6.45) is 1.61. The summed E-state index contributed by atoms with van der Waals surface area (Å²) < 4.78 is 4.72. The molecular formula is C8H6ClN3O. The third-order valence-electron chi connectivity index (χ3n) is 1.55. The fraction of sp³-hybridized carbons (Fsp3) is 0. The van der Waals surface area contributed by atoms with E-state index in [1.165, 1.54) is 0 Å². The molecule has 0 aliphatic heterocycles. The summed E-state index contributed by atoms with van der Waals surface area (Å²) in [4.78, 5) is 3.91. The van der Waals surface area contributed by atoms with E-state index in [0.717, 1.165) is 5.56 Å². The van der Waals surface area contributed by atoms with Gasteiger partial charge in [0, 0.05) is 17.8 Å². The van der Waals surface area contributed by atoms with Gasteiger partial charge in [0.1, 0.15) is 10.8 Å². The van der Waals surface area contributed by atoms with E-state index >= 15 is 0 Å². The Bertz CT molecular complexity index is 410. The Balaban J connectivity index is 2.41. The molecule has 66 valence electrons. The van der Waals surface area contributed by atoms with Crippen LogP contribution in [-0.4, -0.2) is 10.1 Å². The summed E-state index contributed by atoms with van der Waals surface area (Å²) in [6.45, 7) is 0. The molecule has 0 spiro atoms. The molecule has 0 unspecified atom stereocenters. The third-order valence-corrected chi connectivity index (χ3v) is 1.78. The van der Waals surface area contributed by atoms with Crippen molar-refractivity contribution in [3.8, 4) is 11.3 Å². The van der Waals surface area contributed by atoms with Crippen LogP contribution in [0.25, 0.3) is 11.3 Å². The smallest absolute Gasteiger partial charge is 0.222 e. The van der Waals surface area contributed by atoms with Crippen molar-refractivity contribution in [1.29, 1.82) is 0 Å². The molecule has 2 aromatic rings. The van der Waals surface area contributed by atoms with Gasteiger partial charge in [-0.25, -0.2) is 4.98 Å². The van der Waals surface area contributed by atoms with Crippen molar-refractivity contribution in [3.63, 3.8) is 0 Å². The van der Waals surface area contributed by atoms with Gasteiger partial charge >= 0.3 is 0 Å². The Kier molecular flexibility index (Phi) is 1.90. The van der Waals surface area contributed by atoms with Crippen LogP contribution in [0.5, 0.6) is 0 Å². The lowest BCUT2D eigenvalue weighted by atomic mass is 10.2. The molecule has 0 saturated carbocycles. The SMILES string of the molecule is Nc1cc(-c2ccc(Cl)nc2)no1. The lowest BCUT2D eigenvalue weighted by molar-refractivity contribution is 0.439. The molecule has 0 atom stereocenters. The average Bonchev–Trinajstić information content (AvgIpc) is 2.53. The molecule has 4 nitrogen and oxygen atoms in total. The fourth-order valence-corrected chi connectivity index (χ4v) is 1.06. The molecule has 2 aromatic heterocycles. The molecule has 13 heavy (non-hydrogen) atoms. The Labute approximate surface area is 79.3 Å². The Hall–Kier alpha value is -1.55. The number of nitrogen functional groups attached to an aromatic ring is 1. The first-order chi connectivity index (χ1) is 6.25. The van der Waals surface area contributed by atoms with Crippen molar-refractivity contribution < 1.29 is 4.52 Å². The summed E-state index contributed by atoms with van der Waals surface area (Å²) in [5.74, 6) is 0.282. The van der Waals surface area contributed by atoms with Crippen LogP contribution < -0.4 is 5.73 Å². The quantitative estimate of drug-likeness (QED) is 0.707. The van der Waals surface area contributed by atoms with Crippen LogP contribution in [0.3, 0.4) is 0 Å². The molecule has 0 bridgehead atoms. The maximum absolute atomic E-state index is 5.62. The van der Waals surface area contributed by atoms with Crippen LogP contribution in [0.4, 0.5) is 5.88 Å². The molecule has 0 amide bonds. The lowest BCUT2D eigenvalue weighted by Gasteiger charge is -1.92. The van der Waals surface area contributed by atoms with Crippen molar-refractivity contribution >= 4 is 17.5 Å². The standard InChI is InChI=1S/C8H6ClN3O/c9-7-2-1-5(4-11-7)6-3-8(10)13-12-6/h1-4H,10H2. The molecule has 0 fully saturated rings. The second-order valence-electron chi connectivity index (χ2n) is 2.48. The number of hydrogen-bond acceptors (Lipinski definition) is 4. The van der Waals surface area contributed by atoms with Crippen molar-refractivity contribution in [2.24, 2.45) is 0 Å². The van der Waals surface area contributed by atoms with E-state index in [1.807, 2.05) is 0 Å². The summed E-state index contributed by atoms with van der Waals surface area (Å²) >= 11 is 5.62. The van der Waals surface area contributed by atoms with Crippen LogP contribution >= 0.6 is 11.6 Å². The van der Waals surface area contributed by atoms with Gasteiger partial charge in [0.2, 0.25) is 5.88 Å². The minimum Gasteiger partial charge on any atom is -0.368 e. The maximum Gasteiger partial charge on any atom is 0.222 e. The van der Waals surface area contributed by atoms with E-state index in [-0.39, 0.29) is 5.88 Å². The Morgan fingerprint density at radius 1 is 1.38 bits per heavy atom. The van der Waals surface area contributed by atoms with E-state index in [1.54, 1.807) is 24.4 Å². The zero-order chi connectivity index (χ0) is 9.26. The van der Waals surface area contributed by atoms with Crippen molar-refractivity contribution in [2.75, 3.05) is 5.73 Å². The number of halogens is 1. The highest BCUT2D eigenvalue weighted by molar-refractivity contribution is 6.29. The number of nitrogens with two attached hydrogens (primary N) is 1. The molecule has 0 radical (unpaired) electrons. The highest BCUT2D eigenvalue weighted by Crippen LogP contribution is 2.19. The van der Waals surface area contributed by atoms with Gasteiger partial charge in [-0.2, -0.15) is 0 Å². The average molecular weight is 196 g/mol. The van der Waals surface area contributed by atoms with Crippen LogP contribution in [0.1, 0.15) is 0 Å². The molecular weight excluding hydrogens is 190 g/mol. The predicted molar refractivity (Wildman–Crippen MR) is 49.2 cm³/mol. The number of anilines is 1. The molecule has 0 aliphatic carbocycles. The van der Waals surface area contributed by atoms with Gasteiger partial charge in [0.05, 0.1) is 0 Å². The maximum atomic E-state index is 5.62. The summed E-state index contributed by atoms with van der Waals surface area (Å²) in [7, 11) is 0. The van der Waals surface area contributed by atoms with Gasteiger partial charge < -0.3 is 10.3 Å². The second kappa shape index (κ2) is 3.06. The van der Waals surface area contributed by atoms with Gasteiger partial charge in [-0.3, -0.25) is 0 Å². The first kappa shape index (κ1) is 8.07. The molecule has 5 heteroatoms. The lowest BCUT2D eigenvalue weighted by Crippen LogP contribution is -1.79. The predicted octanol–water partition coefficient (Wildman–Crippen LogP) is 1.97. The third kappa shape index (κ3) is 1.62. The first-order valence-electron chi connectivity index (χ1n) is 3.60. The molecule has 2 rings (SSSR count).